The molecule has 4 atom stereocenters. The highest BCUT2D eigenvalue weighted by Gasteiger charge is 2.44. The molecule has 5 heteroatoms. The smallest absolute Gasteiger partial charge is 0.163 e. The summed E-state index contributed by atoms with van der Waals surface area (Å²) in [6.07, 6.45) is -0.724. The molecule has 0 unspecified atom stereocenters. The van der Waals surface area contributed by atoms with Crippen molar-refractivity contribution < 1.29 is 24.5 Å². The van der Waals surface area contributed by atoms with Crippen LogP contribution in [-0.2, 0) is 4.79 Å². The van der Waals surface area contributed by atoms with E-state index in [2.05, 4.69) is 0 Å². The Morgan fingerprint density at radius 1 is 1.39 bits per heavy atom. The Balaban J connectivity index is 2.27. The lowest BCUT2D eigenvalue weighted by atomic mass is 9.85. The molecule has 0 aromatic rings. The van der Waals surface area contributed by atoms with Gasteiger partial charge in [-0.3, -0.25) is 4.79 Å². The average Bonchev–Trinajstić information content (AvgIpc) is 2.61. The molecule has 18 heavy (non-hydrogen) atoms. The Bertz CT molecular complexity index is 427. The number of Topliss-reactive ketones (excluding diaryl/α,β-unsaturated/α-hetero) is 1. The van der Waals surface area contributed by atoms with Crippen molar-refractivity contribution in [3.05, 3.63) is 23.0 Å². The molecule has 1 fully saturated rings. The van der Waals surface area contributed by atoms with Crippen LogP contribution in [0.3, 0.4) is 0 Å². The Labute approximate surface area is 104 Å². The van der Waals surface area contributed by atoms with E-state index < -0.39 is 29.9 Å². The third-order valence-corrected chi connectivity index (χ3v) is 3.87. The zero-order valence-corrected chi connectivity index (χ0v) is 10.1. The van der Waals surface area contributed by atoms with Crippen molar-refractivity contribution in [1.82, 2.24) is 0 Å². The number of carbonyl (C=O) groups excluding carboxylic acids is 1. The van der Waals surface area contributed by atoms with Gasteiger partial charge in [0.15, 0.2) is 5.78 Å². The first-order chi connectivity index (χ1) is 8.45. The maximum atomic E-state index is 13.5. The van der Waals surface area contributed by atoms with Gasteiger partial charge in [-0.05, 0) is 25.0 Å². The molecule has 0 aromatic carbocycles. The first-order valence-electron chi connectivity index (χ1n) is 6.02. The summed E-state index contributed by atoms with van der Waals surface area (Å²) in [5, 5.41) is 28.7. The molecule has 2 rings (SSSR count). The van der Waals surface area contributed by atoms with Crippen LogP contribution in [0.5, 0.6) is 0 Å². The highest BCUT2D eigenvalue weighted by atomic mass is 19.1. The molecule has 1 saturated carbocycles. The van der Waals surface area contributed by atoms with Gasteiger partial charge in [0, 0.05) is 30.4 Å². The summed E-state index contributed by atoms with van der Waals surface area (Å²) in [4.78, 5) is 11.9. The predicted molar refractivity (Wildman–Crippen MR) is 62.2 cm³/mol. The summed E-state index contributed by atoms with van der Waals surface area (Å²) in [5.41, 5.74) is 0.607. The van der Waals surface area contributed by atoms with Crippen molar-refractivity contribution in [2.75, 3.05) is 6.61 Å². The first-order valence-corrected chi connectivity index (χ1v) is 6.02. The first kappa shape index (κ1) is 13.4. The molecule has 0 saturated heterocycles. The molecular formula is C13H17FO4. The fraction of sp³-hybridized carbons (Fsp3) is 0.615. The summed E-state index contributed by atoms with van der Waals surface area (Å²) in [6.45, 7) is 1.30. The minimum absolute atomic E-state index is 0.0147. The van der Waals surface area contributed by atoms with Gasteiger partial charge in [-0.2, -0.15) is 0 Å². The summed E-state index contributed by atoms with van der Waals surface area (Å²) in [5.74, 6) is -1.72. The Hall–Kier alpha value is -1.04. The van der Waals surface area contributed by atoms with E-state index in [1.165, 1.54) is 0 Å². The van der Waals surface area contributed by atoms with Gasteiger partial charge in [-0.15, -0.1) is 0 Å². The van der Waals surface area contributed by atoms with Crippen LogP contribution in [0.4, 0.5) is 4.39 Å². The van der Waals surface area contributed by atoms with Crippen LogP contribution in [0.1, 0.15) is 19.8 Å². The van der Waals surface area contributed by atoms with E-state index in [0.29, 0.717) is 12.0 Å². The molecule has 3 N–H and O–H groups in total. The van der Waals surface area contributed by atoms with Crippen LogP contribution in [0.15, 0.2) is 23.0 Å². The molecule has 4 nitrogen and oxygen atoms in total. The maximum absolute atomic E-state index is 13.5. The van der Waals surface area contributed by atoms with Crippen LogP contribution in [0.2, 0.25) is 0 Å². The van der Waals surface area contributed by atoms with Gasteiger partial charge in [0.1, 0.15) is 5.83 Å². The third-order valence-electron chi connectivity index (χ3n) is 3.87. The minimum atomic E-state index is -1.12. The minimum Gasteiger partial charge on any atom is -0.396 e. The van der Waals surface area contributed by atoms with Crippen LogP contribution >= 0.6 is 0 Å². The van der Waals surface area contributed by atoms with Gasteiger partial charge in [0.25, 0.3) is 0 Å². The van der Waals surface area contributed by atoms with Crippen molar-refractivity contribution in [2.45, 2.75) is 32.0 Å². The fourth-order valence-electron chi connectivity index (χ4n) is 2.70. The van der Waals surface area contributed by atoms with Crippen molar-refractivity contribution in [3.63, 3.8) is 0 Å². The molecule has 100 valence electrons. The molecule has 0 spiro atoms. The standard InChI is InChI=1S/C13H17FO4/c1-6-2-11(16)8(4-10(6)14)9-3-7(5-15)12(17)13(9)18/h4,7,9,12-13,15,17-18H,2-3,5H2,1H3/t7-,9+,12-,13+/m1/s1. The lowest BCUT2D eigenvalue weighted by Crippen LogP contribution is -2.31. The van der Waals surface area contributed by atoms with Gasteiger partial charge in [0.2, 0.25) is 0 Å². The zero-order valence-electron chi connectivity index (χ0n) is 10.1. The van der Waals surface area contributed by atoms with Crippen LogP contribution in [0, 0.1) is 11.8 Å². The lowest BCUT2D eigenvalue weighted by Gasteiger charge is -2.21. The van der Waals surface area contributed by atoms with Crippen molar-refractivity contribution in [1.29, 1.82) is 0 Å². The number of rotatable bonds is 2. The predicted octanol–water partition coefficient (Wildman–Crippen LogP) is 0.479. The van der Waals surface area contributed by atoms with Crippen LogP contribution in [0.25, 0.3) is 0 Å². The molecule has 2 aliphatic rings. The van der Waals surface area contributed by atoms with E-state index in [4.69, 9.17) is 5.11 Å². The topological polar surface area (TPSA) is 77.8 Å². The Kier molecular flexibility index (Phi) is 3.66. The van der Waals surface area contributed by atoms with E-state index in [-0.39, 0.29) is 24.4 Å². The summed E-state index contributed by atoms with van der Waals surface area (Å²) in [6, 6.07) is 0. The zero-order chi connectivity index (χ0) is 13.4. The number of hydrogen-bond acceptors (Lipinski definition) is 4. The average molecular weight is 256 g/mol. The quantitative estimate of drug-likeness (QED) is 0.671. The van der Waals surface area contributed by atoms with Crippen molar-refractivity contribution in [2.24, 2.45) is 11.8 Å². The van der Waals surface area contributed by atoms with E-state index in [0.717, 1.165) is 6.08 Å². The van der Waals surface area contributed by atoms with E-state index in [1.807, 2.05) is 0 Å². The second kappa shape index (κ2) is 4.91. The SMILES string of the molecule is CC1=C(F)C=C([C@@H]2C[C@H](CO)[C@@H](O)[C@H]2O)C(=O)C1. The number of halogens is 1. The highest BCUT2D eigenvalue weighted by molar-refractivity contribution is 5.99. The normalized spacial score (nSPS) is 37.2. The highest BCUT2D eigenvalue weighted by Crippen LogP contribution is 2.39. The van der Waals surface area contributed by atoms with Crippen molar-refractivity contribution in [3.8, 4) is 0 Å². The second-order valence-electron chi connectivity index (χ2n) is 5.09. The lowest BCUT2D eigenvalue weighted by molar-refractivity contribution is -0.116. The Morgan fingerprint density at radius 2 is 2.06 bits per heavy atom. The summed E-state index contributed by atoms with van der Waals surface area (Å²) < 4.78 is 13.5. The van der Waals surface area contributed by atoms with Crippen molar-refractivity contribution >= 4 is 5.78 Å². The summed E-state index contributed by atoms with van der Waals surface area (Å²) in [7, 11) is 0. The molecule has 0 aliphatic heterocycles. The van der Waals surface area contributed by atoms with Crippen LogP contribution < -0.4 is 0 Å². The van der Waals surface area contributed by atoms with Gasteiger partial charge in [-0.1, -0.05) is 0 Å². The van der Waals surface area contributed by atoms with E-state index in [9.17, 15) is 19.4 Å². The van der Waals surface area contributed by atoms with E-state index in [1.54, 1.807) is 6.92 Å². The molecule has 0 aromatic heterocycles. The number of carbonyl (C=O) groups is 1. The van der Waals surface area contributed by atoms with Gasteiger partial charge >= 0.3 is 0 Å². The number of ketones is 1. The molecule has 0 heterocycles. The molecule has 2 aliphatic carbocycles. The number of aliphatic hydroxyl groups excluding tert-OH is 3. The third kappa shape index (κ3) is 2.13. The fourth-order valence-corrected chi connectivity index (χ4v) is 2.70. The number of hydrogen-bond donors (Lipinski definition) is 3. The Morgan fingerprint density at radius 3 is 2.61 bits per heavy atom. The van der Waals surface area contributed by atoms with Gasteiger partial charge in [-0.25, -0.2) is 4.39 Å². The number of aliphatic hydroxyl groups is 3. The van der Waals surface area contributed by atoms with E-state index >= 15 is 0 Å². The van der Waals surface area contributed by atoms with Gasteiger partial charge in [0.05, 0.1) is 12.2 Å². The largest absolute Gasteiger partial charge is 0.396 e. The molecule has 0 amide bonds. The maximum Gasteiger partial charge on any atom is 0.163 e. The van der Waals surface area contributed by atoms with Crippen LogP contribution in [-0.4, -0.2) is 39.9 Å². The monoisotopic (exact) mass is 256 g/mol. The molecule has 0 bridgehead atoms. The second-order valence-corrected chi connectivity index (χ2v) is 5.09. The van der Waals surface area contributed by atoms with Gasteiger partial charge < -0.3 is 15.3 Å². The molecular weight excluding hydrogens is 239 g/mol. The summed E-state index contributed by atoms with van der Waals surface area (Å²) >= 11 is 0. The molecule has 0 radical (unpaired) electrons. The number of allylic oxidation sites excluding steroid dienone is 3.